The Bertz CT molecular complexity index is 1160. The molecule has 2 amide bonds. The molecule has 32 heavy (non-hydrogen) atoms. The molecular formula is C19H15F6N5O2. The second-order valence-electron chi connectivity index (χ2n) is 7.20. The molecule has 1 saturated heterocycles. The first-order valence-electron chi connectivity index (χ1n) is 9.26. The smallest absolute Gasteiger partial charge is 0.416 e. The summed E-state index contributed by atoms with van der Waals surface area (Å²) in [6.07, 6.45) is -3.68. The zero-order chi connectivity index (χ0) is 23.2. The number of urea groups is 1. The number of rotatable bonds is 4. The second-order valence-corrected chi connectivity index (χ2v) is 7.20. The number of anilines is 2. The number of carbonyl (C=O) groups is 1. The molecule has 170 valence electrons. The molecule has 1 fully saturated rings. The number of halogens is 6. The fraction of sp³-hybridized carbons (Fsp3) is 0.316. The molecule has 3 aromatic rings. The standard InChI is InChI=1S/C19H15F6N5O2/c1-8-12-2-9(20)3-13(22)15(12)32-14(8)16(19(23,24)25)29-18(31)28-11-4-26-17(27-5-11)30-6-10(21)7-30/h2-5,10,16H,6-7H2,1H3,(H2,28,29,31)/t16-/m0/s1. The Morgan fingerprint density at radius 3 is 2.47 bits per heavy atom. The summed E-state index contributed by atoms with van der Waals surface area (Å²) in [6.45, 7) is 1.45. The number of benzene rings is 1. The predicted molar refractivity (Wildman–Crippen MR) is 101 cm³/mol. The van der Waals surface area contributed by atoms with Crippen molar-refractivity contribution in [3.05, 3.63) is 47.5 Å². The number of aryl methyl sites for hydroxylation is 1. The van der Waals surface area contributed by atoms with E-state index in [1.807, 2.05) is 0 Å². The van der Waals surface area contributed by atoms with E-state index in [1.165, 1.54) is 6.92 Å². The Morgan fingerprint density at radius 1 is 1.22 bits per heavy atom. The van der Waals surface area contributed by atoms with Crippen LogP contribution in [-0.2, 0) is 0 Å². The van der Waals surface area contributed by atoms with Gasteiger partial charge in [-0.1, -0.05) is 0 Å². The Labute approximate surface area is 176 Å². The van der Waals surface area contributed by atoms with Crippen LogP contribution in [0.25, 0.3) is 11.0 Å². The molecule has 3 heterocycles. The molecule has 4 rings (SSSR count). The van der Waals surface area contributed by atoms with Crippen molar-refractivity contribution in [3.8, 4) is 0 Å². The van der Waals surface area contributed by atoms with Crippen LogP contribution < -0.4 is 15.5 Å². The Morgan fingerprint density at radius 2 is 1.88 bits per heavy atom. The molecule has 1 aromatic carbocycles. The van der Waals surface area contributed by atoms with E-state index in [2.05, 4.69) is 15.3 Å². The van der Waals surface area contributed by atoms with Gasteiger partial charge >= 0.3 is 12.2 Å². The van der Waals surface area contributed by atoms with Crippen molar-refractivity contribution in [1.29, 1.82) is 0 Å². The summed E-state index contributed by atoms with van der Waals surface area (Å²) in [5.41, 5.74) is -0.741. The first-order valence-corrected chi connectivity index (χ1v) is 9.26. The third-order valence-electron chi connectivity index (χ3n) is 4.87. The maximum atomic E-state index is 13.9. The number of hydrogen-bond donors (Lipinski definition) is 2. The van der Waals surface area contributed by atoms with Crippen molar-refractivity contribution in [3.63, 3.8) is 0 Å². The number of aromatic nitrogens is 2. The molecule has 0 saturated carbocycles. The SMILES string of the molecule is Cc1c([C@H](NC(=O)Nc2cnc(N3CC(F)C3)nc2)C(F)(F)F)oc2c(F)cc(F)cc12. The maximum absolute atomic E-state index is 13.9. The molecule has 1 aliphatic rings. The van der Waals surface area contributed by atoms with E-state index in [1.54, 1.807) is 10.2 Å². The lowest BCUT2D eigenvalue weighted by molar-refractivity contribution is -0.158. The Kier molecular flexibility index (Phi) is 5.34. The second kappa shape index (κ2) is 7.88. The van der Waals surface area contributed by atoms with Gasteiger partial charge in [-0.25, -0.2) is 27.9 Å². The number of carbonyl (C=O) groups excluding carboxylic acids is 1. The van der Waals surface area contributed by atoms with Crippen molar-refractivity contribution in [2.75, 3.05) is 23.3 Å². The zero-order valence-electron chi connectivity index (χ0n) is 16.3. The van der Waals surface area contributed by atoms with Crippen LogP contribution in [0.4, 0.5) is 42.8 Å². The quantitative estimate of drug-likeness (QED) is 0.566. The fourth-order valence-corrected chi connectivity index (χ4v) is 3.27. The highest BCUT2D eigenvalue weighted by molar-refractivity contribution is 5.89. The Hall–Kier alpha value is -3.51. The molecule has 0 radical (unpaired) electrons. The van der Waals surface area contributed by atoms with E-state index in [0.29, 0.717) is 6.07 Å². The third-order valence-corrected chi connectivity index (χ3v) is 4.87. The molecule has 2 N–H and O–H groups in total. The average molecular weight is 459 g/mol. The van der Waals surface area contributed by atoms with Crippen LogP contribution in [0.15, 0.2) is 28.9 Å². The van der Waals surface area contributed by atoms with Crippen molar-refractivity contribution in [1.82, 2.24) is 15.3 Å². The van der Waals surface area contributed by atoms with Gasteiger partial charge < -0.3 is 20.0 Å². The molecule has 7 nitrogen and oxygen atoms in total. The highest BCUT2D eigenvalue weighted by Crippen LogP contribution is 2.39. The number of hydrogen-bond acceptors (Lipinski definition) is 5. The van der Waals surface area contributed by atoms with Crippen LogP contribution in [0.2, 0.25) is 0 Å². The van der Waals surface area contributed by atoms with Crippen LogP contribution in [-0.4, -0.2) is 41.4 Å². The van der Waals surface area contributed by atoms with Gasteiger partial charge in [0.05, 0.1) is 31.2 Å². The van der Waals surface area contributed by atoms with E-state index in [9.17, 15) is 31.1 Å². The minimum atomic E-state index is -5.01. The van der Waals surface area contributed by atoms with Crippen molar-refractivity contribution >= 4 is 28.6 Å². The maximum Gasteiger partial charge on any atom is 0.416 e. The molecule has 0 aliphatic carbocycles. The van der Waals surface area contributed by atoms with Crippen molar-refractivity contribution < 1.29 is 35.6 Å². The number of nitrogens with one attached hydrogen (secondary N) is 2. The van der Waals surface area contributed by atoms with E-state index in [0.717, 1.165) is 18.5 Å². The van der Waals surface area contributed by atoms with Crippen LogP contribution >= 0.6 is 0 Å². The van der Waals surface area contributed by atoms with Gasteiger partial charge in [-0.15, -0.1) is 0 Å². The van der Waals surface area contributed by atoms with Gasteiger partial charge in [0.15, 0.2) is 17.4 Å². The number of amides is 2. The van der Waals surface area contributed by atoms with Gasteiger partial charge in [0.2, 0.25) is 5.95 Å². The van der Waals surface area contributed by atoms with Gasteiger partial charge in [-0.3, -0.25) is 0 Å². The molecule has 1 aliphatic heterocycles. The lowest BCUT2D eigenvalue weighted by Gasteiger charge is -2.34. The van der Waals surface area contributed by atoms with E-state index in [4.69, 9.17) is 4.42 Å². The molecule has 0 bridgehead atoms. The molecule has 2 aromatic heterocycles. The van der Waals surface area contributed by atoms with Gasteiger partial charge in [-0.2, -0.15) is 13.2 Å². The molecular weight excluding hydrogens is 444 g/mol. The largest absolute Gasteiger partial charge is 0.455 e. The van der Waals surface area contributed by atoms with E-state index in [-0.39, 0.29) is 35.7 Å². The highest BCUT2D eigenvalue weighted by atomic mass is 19.4. The van der Waals surface area contributed by atoms with E-state index < -0.39 is 47.4 Å². The molecule has 1 atom stereocenters. The molecule has 13 heteroatoms. The van der Waals surface area contributed by atoms with Crippen molar-refractivity contribution in [2.24, 2.45) is 0 Å². The van der Waals surface area contributed by atoms with Gasteiger partial charge in [-0.05, 0) is 13.0 Å². The lowest BCUT2D eigenvalue weighted by atomic mass is 10.1. The van der Waals surface area contributed by atoms with Gasteiger partial charge in [0.25, 0.3) is 0 Å². The fourth-order valence-electron chi connectivity index (χ4n) is 3.27. The highest BCUT2D eigenvalue weighted by Gasteiger charge is 2.45. The number of nitrogens with zero attached hydrogens (tertiary/aromatic N) is 3. The number of alkyl halides is 4. The summed E-state index contributed by atoms with van der Waals surface area (Å²) in [4.78, 5) is 21.6. The summed E-state index contributed by atoms with van der Waals surface area (Å²) in [7, 11) is 0. The average Bonchev–Trinajstić information content (AvgIpc) is 3.00. The third kappa shape index (κ3) is 4.14. The normalized spacial score (nSPS) is 15.5. The summed E-state index contributed by atoms with van der Waals surface area (Å²) < 4.78 is 86.4. The minimum Gasteiger partial charge on any atom is -0.455 e. The zero-order valence-corrected chi connectivity index (χ0v) is 16.3. The lowest BCUT2D eigenvalue weighted by Crippen LogP contribution is -2.49. The summed E-state index contributed by atoms with van der Waals surface area (Å²) in [6, 6.07) is -2.57. The summed E-state index contributed by atoms with van der Waals surface area (Å²) >= 11 is 0. The van der Waals surface area contributed by atoms with Crippen LogP contribution in [0.3, 0.4) is 0 Å². The van der Waals surface area contributed by atoms with Gasteiger partial charge in [0.1, 0.15) is 17.7 Å². The monoisotopic (exact) mass is 459 g/mol. The Balaban J connectivity index is 1.53. The van der Waals surface area contributed by atoms with Crippen molar-refractivity contribution in [2.45, 2.75) is 25.3 Å². The van der Waals surface area contributed by atoms with E-state index >= 15 is 0 Å². The summed E-state index contributed by atoms with van der Waals surface area (Å²) in [5.74, 6) is -2.72. The first-order chi connectivity index (χ1) is 15.0. The minimum absolute atomic E-state index is 0.0149. The first kappa shape index (κ1) is 21.7. The number of fused-ring (bicyclic) bond motifs is 1. The van der Waals surface area contributed by atoms with Gasteiger partial charge in [0, 0.05) is 17.0 Å². The molecule has 0 spiro atoms. The molecule has 0 unspecified atom stereocenters. The topological polar surface area (TPSA) is 83.3 Å². The predicted octanol–water partition coefficient (Wildman–Crippen LogP) is 4.39. The van der Waals surface area contributed by atoms with Crippen LogP contribution in [0, 0.1) is 18.6 Å². The number of furan rings is 1. The van der Waals surface area contributed by atoms with Crippen LogP contribution in [0.1, 0.15) is 17.4 Å². The summed E-state index contributed by atoms with van der Waals surface area (Å²) in [5, 5.41) is 3.70. The van der Waals surface area contributed by atoms with Crippen LogP contribution in [0.5, 0.6) is 0 Å².